The number of amides is 1. The van der Waals surface area contributed by atoms with E-state index in [9.17, 15) is 76.2 Å². The number of halogens is 4. The van der Waals surface area contributed by atoms with Crippen molar-refractivity contribution in [1.29, 1.82) is 0 Å². The number of carbonyl (C=O) groups is 6. The first-order valence-electron chi connectivity index (χ1n) is 21.7. The minimum atomic E-state index is -3.44. The van der Waals surface area contributed by atoms with Crippen LogP contribution in [0.1, 0.15) is 62.5 Å². The Bertz CT molecular complexity index is 1970. The lowest BCUT2D eigenvalue weighted by Gasteiger charge is -2.37. The highest BCUT2D eigenvalue weighted by Gasteiger charge is 2.28. The molecule has 2 atom stereocenters. The number of nitrogens with zero attached hydrogens (tertiary/aromatic N) is 4. The van der Waals surface area contributed by atoms with Gasteiger partial charge in [0.1, 0.15) is 0 Å². The summed E-state index contributed by atoms with van der Waals surface area (Å²) in [5, 5.41) is 41.2. The van der Waals surface area contributed by atoms with E-state index in [0.29, 0.717) is 45.1 Å². The van der Waals surface area contributed by atoms with Crippen LogP contribution in [0.5, 0.6) is 5.75 Å². The minimum Gasteiger partial charge on any atom is -0.480 e. The van der Waals surface area contributed by atoms with Gasteiger partial charge in [0.2, 0.25) is 30.7 Å². The molecular formula is C43H60F4N5O13P. The second kappa shape index (κ2) is 28.2. The molecule has 0 bridgehead atoms. The highest BCUT2D eigenvalue weighted by atomic mass is 31.2. The fraction of sp³-hybridized carbons (Fsp3) is 0.581. The summed E-state index contributed by atoms with van der Waals surface area (Å²) >= 11 is 0. The third kappa shape index (κ3) is 21.5. The summed E-state index contributed by atoms with van der Waals surface area (Å²) < 4.78 is 71.3. The highest BCUT2D eigenvalue weighted by molar-refractivity contribution is 7.57. The Labute approximate surface area is 379 Å². The maximum absolute atomic E-state index is 13.7. The maximum atomic E-state index is 13.7. The molecule has 1 saturated heterocycles. The van der Waals surface area contributed by atoms with E-state index in [2.05, 4.69) is 10.1 Å². The molecule has 0 radical (unpaired) electrons. The molecule has 1 aliphatic rings. The Morgan fingerprint density at radius 1 is 0.636 bits per heavy atom. The molecule has 1 amide bonds. The lowest BCUT2D eigenvalue weighted by Crippen LogP contribution is -2.53. The van der Waals surface area contributed by atoms with Crippen LogP contribution >= 0.6 is 7.37 Å². The van der Waals surface area contributed by atoms with Crippen molar-refractivity contribution in [2.45, 2.75) is 70.3 Å². The standard InChI is InChI=1S/C43H60F4N5O13P/c44-33-24-34(45)42(47)43(41(33)46)65-40(62)9-3-2-8-35(53)48-14-4-1-5-21-66(63,64)22-6-7-30-10-12-31(13-11-30)23-32-25-51(28-38(58)59)18-17-49(26-36(54)55)15-16-50(27-37(56)57)19-20-52(32)29-39(60)61/h10-13,24,32H,1-9,14-23,25-29H2,(H,48,53)(H,54,55)(H,56,57)(H,58,59)(H,60,61)(H,63,64). The van der Waals surface area contributed by atoms with Crippen molar-refractivity contribution in [2.75, 3.05) is 90.9 Å². The van der Waals surface area contributed by atoms with Crippen molar-refractivity contribution in [3.63, 3.8) is 0 Å². The Balaban J connectivity index is 1.44. The van der Waals surface area contributed by atoms with Gasteiger partial charge in [-0.3, -0.25) is 52.9 Å². The molecule has 1 fully saturated rings. The molecule has 368 valence electrons. The molecule has 66 heavy (non-hydrogen) atoms. The van der Waals surface area contributed by atoms with E-state index in [-0.39, 0.29) is 122 Å². The third-order valence-corrected chi connectivity index (χ3v) is 12.9. The van der Waals surface area contributed by atoms with Crippen LogP contribution in [0.15, 0.2) is 30.3 Å². The van der Waals surface area contributed by atoms with E-state index in [1.807, 2.05) is 24.3 Å². The van der Waals surface area contributed by atoms with Crippen molar-refractivity contribution < 1.29 is 81.0 Å². The molecule has 0 spiro atoms. The first-order chi connectivity index (χ1) is 31.2. The van der Waals surface area contributed by atoms with Crippen molar-refractivity contribution in [3.05, 3.63) is 64.7 Å². The number of carbonyl (C=O) groups excluding carboxylic acids is 2. The summed E-state index contributed by atoms with van der Waals surface area (Å²) in [5.74, 6) is -14.4. The van der Waals surface area contributed by atoms with E-state index < -0.39 is 72.3 Å². The minimum absolute atomic E-state index is 0.0100. The van der Waals surface area contributed by atoms with E-state index >= 15 is 0 Å². The fourth-order valence-electron chi connectivity index (χ4n) is 7.45. The molecule has 1 aliphatic heterocycles. The monoisotopic (exact) mass is 961 g/mol. The van der Waals surface area contributed by atoms with Crippen LogP contribution in [-0.4, -0.2) is 178 Å². The quantitative estimate of drug-likeness (QED) is 0.0197. The summed E-state index contributed by atoms with van der Waals surface area (Å²) in [7, 11) is -3.44. The SMILES string of the molecule is O=C(O)CN1CCN(CC(=O)O)CCN(CC(=O)O)C(Cc2ccc(CCCP(=O)(O)CCCCCNC(=O)CCCCC(=O)Oc3c(F)c(F)cc(F)c3F)cc2)CN(CC(=O)O)CC1. The van der Waals surface area contributed by atoms with Crippen LogP contribution in [0, 0.1) is 23.3 Å². The molecule has 6 N–H and O–H groups in total. The van der Waals surface area contributed by atoms with Crippen molar-refractivity contribution in [1.82, 2.24) is 24.9 Å². The molecule has 18 nitrogen and oxygen atoms in total. The fourth-order valence-corrected chi connectivity index (χ4v) is 9.04. The predicted molar refractivity (Wildman–Crippen MR) is 230 cm³/mol. The average Bonchev–Trinajstić information content (AvgIpc) is 3.23. The first kappa shape index (κ1) is 55.3. The Kier molecular flexibility index (Phi) is 23.7. The van der Waals surface area contributed by atoms with Gasteiger partial charge < -0.3 is 35.4 Å². The molecule has 0 aliphatic carbocycles. The summed E-state index contributed by atoms with van der Waals surface area (Å²) in [4.78, 5) is 88.3. The number of ether oxygens (including phenoxy) is 1. The van der Waals surface area contributed by atoms with Crippen molar-refractivity contribution in [3.8, 4) is 5.75 Å². The van der Waals surface area contributed by atoms with Gasteiger partial charge in [0.15, 0.2) is 11.6 Å². The number of aliphatic carboxylic acids is 4. The zero-order valence-corrected chi connectivity index (χ0v) is 37.6. The topological polar surface area (TPSA) is 255 Å². The number of carboxylic acid groups (broad SMARTS) is 4. The molecular weight excluding hydrogens is 901 g/mol. The summed E-state index contributed by atoms with van der Waals surface area (Å²) in [6, 6.07) is 6.93. The second-order valence-corrected chi connectivity index (χ2v) is 18.9. The number of aryl methyl sites for hydroxylation is 1. The van der Waals surface area contributed by atoms with Gasteiger partial charge in [-0.1, -0.05) is 30.7 Å². The van der Waals surface area contributed by atoms with Crippen LogP contribution in [0.25, 0.3) is 0 Å². The Morgan fingerprint density at radius 3 is 1.71 bits per heavy atom. The van der Waals surface area contributed by atoms with E-state index in [1.54, 1.807) is 19.6 Å². The number of benzene rings is 2. The lowest BCUT2D eigenvalue weighted by atomic mass is 10.0. The van der Waals surface area contributed by atoms with Crippen LogP contribution in [0.3, 0.4) is 0 Å². The number of esters is 1. The second-order valence-electron chi connectivity index (χ2n) is 16.3. The lowest BCUT2D eigenvalue weighted by molar-refractivity contribution is -0.142. The number of hydrogen-bond donors (Lipinski definition) is 6. The highest BCUT2D eigenvalue weighted by Crippen LogP contribution is 2.42. The predicted octanol–water partition coefficient (Wildman–Crippen LogP) is 3.37. The van der Waals surface area contributed by atoms with Gasteiger partial charge in [-0.15, -0.1) is 0 Å². The number of hydrogen-bond acceptors (Lipinski definition) is 12. The van der Waals surface area contributed by atoms with E-state index in [1.165, 1.54) is 0 Å². The molecule has 3 rings (SSSR count). The normalized spacial score (nSPS) is 17.0. The number of carboxylic acids is 4. The molecule has 2 aromatic carbocycles. The van der Waals surface area contributed by atoms with Crippen LogP contribution in [0.2, 0.25) is 0 Å². The molecule has 2 unspecified atom stereocenters. The summed E-state index contributed by atoms with van der Waals surface area (Å²) in [6.45, 7) is 0.101. The maximum Gasteiger partial charge on any atom is 0.317 e. The zero-order valence-electron chi connectivity index (χ0n) is 36.7. The Morgan fingerprint density at radius 2 is 1.14 bits per heavy atom. The first-order valence-corrected chi connectivity index (χ1v) is 23.7. The van der Waals surface area contributed by atoms with Gasteiger partial charge in [0, 0.05) is 89.6 Å². The number of nitrogens with one attached hydrogen (secondary N) is 1. The Hall–Kier alpha value is -4.99. The number of rotatable bonds is 26. The van der Waals surface area contributed by atoms with Gasteiger partial charge in [-0.25, -0.2) is 8.78 Å². The molecule has 2 aromatic rings. The smallest absolute Gasteiger partial charge is 0.317 e. The van der Waals surface area contributed by atoms with E-state index in [0.717, 1.165) is 11.1 Å². The third-order valence-electron chi connectivity index (χ3n) is 10.9. The molecule has 1 heterocycles. The summed E-state index contributed by atoms with van der Waals surface area (Å²) in [5.41, 5.74) is 1.72. The number of unbranched alkanes of at least 4 members (excludes halogenated alkanes) is 3. The average molecular weight is 962 g/mol. The van der Waals surface area contributed by atoms with Gasteiger partial charge in [-0.2, -0.15) is 8.78 Å². The van der Waals surface area contributed by atoms with Crippen LogP contribution in [0.4, 0.5) is 17.6 Å². The van der Waals surface area contributed by atoms with Gasteiger partial charge in [-0.05, 0) is 56.1 Å². The van der Waals surface area contributed by atoms with E-state index in [4.69, 9.17) is 0 Å². The summed E-state index contributed by atoms with van der Waals surface area (Å²) in [6.07, 6.45) is 3.05. The van der Waals surface area contributed by atoms with Crippen molar-refractivity contribution >= 4 is 43.1 Å². The zero-order chi connectivity index (χ0) is 48.8. The largest absolute Gasteiger partial charge is 0.480 e. The van der Waals surface area contributed by atoms with Gasteiger partial charge in [0.05, 0.1) is 26.2 Å². The van der Waals surface area contributed by atoms with Gasteiger partial charge >= 0.3 is 29.8 Å². The molecule has 0 saturated carbocycles. The molecule has 0 aromatic heterocycles. The van der Waals surface area contributed by atoms with Crippen LogP contribution < -0.4 is 10.1 Å². The van der Waals surface area contributed by atoms with Crippen molar-refractivity contribution in [2.24, 2.45) is 0 Å². The molecule has 23 heteroatoms. The van der Waals surface area contributed by atoms with Crippen LogP contribution in [-0.2, 0) is 46.2 Å². The van der Waals surface area contributed by atoms with Gasteiger partial charge in [0.25, 0.3) is 0 Å².